The molecule has 0 saturated heterocycles. The van der Waals surface area contributed by atoms with Gasteiger partial charge in [0.15, 0.2) is 5.65 Å². The van der Waals surface area contributed by atoms with Crippen molar-refractivity contribution in [3.63, 3.8) is 0 Å². The topological polar surface area (TPSA) is 117 Å². The Bertz CT molecular complexity index is 1590. The van der Waals surface area contributed by atoms with Crippen LogP contribution in [0.5, 0.6) is 11.5 Å². The Morgan fingerprint density at radius 2 is 1.67 bits per heavy atom. The zero-order valence-electron chi connectivity index (χ0n) is 19.8. The van der Waals surface area contributed by atoms with Crippen LogP contribution in [0.3, 0.4) is 0 Å². The number of hydrogen-bond donors (Lipinski definition) is 2. The molecule has 5 rings (SSSR count). The number of nitrogens with one attached hydrogen (secondary N) is 1. The zero-order chi connectivity index (χ0) is 25.1. The molecule has 3 N–H and O–H groups in total. The van der Waals surface area contributed by atoms with E-state index >= 15 is 0 Å². The molecule has 0 radical (unpaired) electrons. The van der Waals surface area contributed by atoms with Gasteiger partial charge in [-0.3, -0.25) is 4.79 Å². The number of carbonyl (C=O) groups excluding carboxylic acids is 1. The number of anilines is 1. The lowest BCUT2D eigenvalue weighted by Gasteiger charge is -2.07. The van der Waals surface area contributed by atoms with E-state index in [1.54, 1.807) is 20.4 Å². The van der Waals surface area contributed by atoms with Crippen molar-refractivity contribution in [1.29, 1.82) is 0 Å². The minimum absolute atomic E-state index is 0.138. The van der Waals surface area contributed by atoms with E-state index < -0.39 is 0 Å². The van der Waals surface area contributed by atoms with Crippen molar-refractivity contribution in [3.8, 4) is 11.5 Å². The van der Waals surface area contributed by atoms with Crippen molar-refractivity contribution in [2.24, 2.45) is 5.10 Å². The van der Waals surface area contributed by atoms with Crippen molar-refractivity contribution in [2.75, 3.05) is 20.0 Å². The van der Waals surface area contributed by atoms with Crippen LogP contribution in [-0.4, -0.2) is 41.0 Å². The molecule has 9 nitrogen and oxygen atoms in total. The largest absolute Gasteiger partial charge is 0.497 e. The molecule has 1 amide bonds. The molecule has 9 heteroatoms. The van der Waals surface area contributed by atoms with Crippen LogP contribution in [0.4, 0.5) is 5.82 Å². The van der Waals surface area contributed by atoms with Crippen molar-refractivity contribution >= 4 is 40.1 Å². The van der Waals surface area contributed by atoms with E-state index in [0.29, 0.717) is 34.5 Å². The third-order valence-electron chi connectivity index (χ3n) is 5.76. The summed E-state index contributed by atoms with van der Waals surface area (Å²) in [5.74, 6) is 1.17. The lowest BCUT2D eigenvalue weighted by molar-refractivity contribution is 0.0953. The van der Waals surface area contributed by atoms with Gasteiger partial charge in [-0.25, -0.2) is 9.97 Å². The average Bonchev–Trinajstić information content (AvgIpc) is 3.19. The van der Waals surface area contributed by atoms with Crippen LogP contribution in [0, 0.1) is 0 Å². The van der Waals surface area contributed by atoms with E-state index in [1.165, 1.54) is 4.68 Å². The number of nitrogen functional groups attached to an aromatic ring is 1. The molecular formula is C27H24N6O3. The molecule has 5 aromatic rings. The van der Waals surface area contributed by atoms with Crippen LogP contribution in [0.2, 0.25) is 0 Å². The van der Waals surface area contributed by atoms with Crippen molar-refractivity contribution < 1.29 is 14.3 Å². The maximum absolute atomic E-state index is 13.3. The van der Waals surface area contributed by atoms with E-state index in [2.05, 4.69) is 10.4 Å². The first-order valence-corrected chi connectivity index (χ1v) is 11.2. The van der Waals surface area contributed by atoms with E-state index in [9.17, 15) is 4.79 Å². The smallest absolute Gasteiger partial charge is 0.257 e. The third kappa shape index (κ3) is 4.29. The monoisotopic (exact) mass is 480 g/mol. The first-order valence-electron chi connectivity index (χ1n) is 11.2. The Balaban J connectivity index is 1.56. The summed E-state index contributed by atoms with van der Waals surface area (Å²) in [4.78, 5) is 22.8. The van der Waals surface area contributed by atoms with Crippen LogP contribution in [0.15, 0.2) is 77.9 Å². The summed E-state index contributed by atoms with van der Waals surface area (Å²) in [5.41, 5.74) is 10.4. The van der Waals surface area contributed by atoms with Crippen LogP contribution in [0.25, 0.3) is 22.2 Å². The molecule has 0 aliphatic heterocycles. The van der Waals surface area contributed by atoms with Gasteiger partial charge in [-0.15, -0.1) is 0 Å². The van der Waals surface area contributed by atoms with Gasteiger partial charge < -0.3 is 20.5 Å². The predicted molar refractivity (Wildman–Crippen MR) is 140 cm³/mol. The molecule has 0 aliphatic rings. The number of nitrogens with zero attached hydrogens (tertiary/aromatic N) is 4. The fourth-order valence-corrected chi connectivity index (χ4v) is 3.90. The summed E-state index contributed by atoms with van der Waals surface area (Å²) in [6.07, 6.45) is 1.62. The zero-order valence-corrected chi connectivity index (χ0v) is 19.8. The van der Waals surface area contributed by atoms with Gasteiger partial charge >= 0.3 is 0 Å². The second kappa shape index (κ2) is 9.75. The number of para-hydroxylation sites is 3. The van der Waals surface area contributed by atoms with Gasteiger partial charge in [-0.1, -0.05) is 36.4 Å². The first kappa shape index (κ1) is 22.9. The summed E-state index contributed by atoms with van der Waals surface area (Å²) in [7, 11) is 3.20. The van der Waals surface area contributed by atoms with Crippen LogP contribution >= 0.6 is 0 Å². The first-order chi connectivity index (χ1) is 17.6. The number of benzene rings is 3. The third-order valence-corrected chi connectivity index (χ3v) is 5.76. The summed E-state index contributed by atoms with van der Waals surface area (Å²) in [6, 6.07) is 22.3. The van der Waals surface area contributed by atoms with Crippen LogP contribution in [-0.2, 0) is 6.54 Å². The summed E-state index contributed by atoms with van der Waals surface area (Å²) < 4.78 is 12.0. The predicted octanol–water partition coefficient (Wildman–Crippen LogP) is 4.00. The van der Waals surface area contributed by atoms with Crippen molar-refractivity contribution in [3.05, 3.63) is 89.5 Å². The second-order valence-electron chi connectivity index (χ2n) is 7.97. The maximum Gasteiger partial charge on any atom is 0.257 e. The highest BCUT2D eigenvalue weighted by Gasteiger charge is 2.24. The van der Waals surface area contributed by atoms with E-state index in [-0.39, 0.29) is 17.3 Å². The number of nitrogens with two attached hydrogens (primary N) is 1. The lowest BCUT2D eigenvalue weighted by atomic mass is 10.2. The molecule has 180 valence electrons. The number of aromatic nitrogens is 3. The Hall–Kier alpha value is -4.92. The highest BCUT2D eigenvalue weighted by molar-refractivity contribution is 6.10. The molecule has 2 aromatic heterocycles. The van der Waals surface area contributed by atoms with E-state index in [1.807, 2.05) is 72.8 Å². The number of ether oxygens (including phenoxy) is 2. The van der Waals surface area contributed by atoms with Gasteiger partial charge in [0, 0.05) is 12.1 Å². The number of methoxy groups -OCH3 is 2. The van der Waals surface area contributed by atoms with Gasteiger partial charge in [-0.05, 0) is 42.0 Å². The Labute approximate surface area is 207 Å². The number of fused-ring (bicyclic) bond motifs is 2. The minimum Gasteiger partial charge on any atom is -0.497 e. The fourth-order valence-electron chi connectivity index (χ4n) is 3.90. The highest BCUT2D eigenvalue weighted by atomic mass is 16.5. The minimum atomic E-state index is -0.371. The molecule has 0 unspecified atom stereocenters. The molecule has 2 heterocycles. The molecule has 0 aliphatic carbocycles. The van der Waals surface area contributed by atoms with Crippen molar-refractivity contribution in [1.82, 2.24) is 20.0 Å². The van der Waals surface area contributed by atoms with Gasteiger partial charge in [0.25, 0.3) is 5.91 Å². The molecule has 36 heavy (non-hydrogen) atoms. The molecule has 0 fully saturated rings. The molecule has 0 saturated carbocycles. The van der Waals surface area contributed by atoms with Gasteiger partial charge in [0.2, 0.25) is 0 Å². The van der Waals surface area contributed by atoms with E-state index in [0.717, 1.165) is 16.9 Å². The average molecular weight is 481 g/mol. The molecular weight excluding hydrogens is 456 g/mol. The quantitative estimate of drug-likeness (QED) is 0.340. The summed E-state index contributed by atoms with van der Waals surface area (Å²) >= 11 is 0. The fraction of sp³-hybridized carbons (Fsp3) is 0.111. The normalized spacial score (nSPS) is 11.3. The Morgan fingerprint density at radius 1 is 0.972 bits per heavy atom. The number of rotatable bonds is 7. The highest BCUT2D eigenvalue weighted by Crippen LogP contribution is 2.28. The van der Waals surface area contributed by atoms with Crippen molar-refractivity contribution in [2.45, 2.75) is 6.54 Å². The second-order valence-corrected chi connectivity index (χ2v) is 7.97. The number of amides is 1. The maximum atomic E-state index is 13.3. The Morgan fingerprint density at radius 3 is 2.39 bits per heavy atom. The van der Waals surface area contributed by atoms with Crippen LogP contribution in [0.1, 0.15) is 21.5 Å². The van der Waals surface area contributed by atoms with E-state index in [4.69, 9.17) is 25.2 Å². The van der Waals surface area contributed by atoms with Crippen LogP contribution < -0.4 is 20.5 Å². The Kier molecular flexibility index (Phi) is 6.19. The lowest BCUT2D eigenvalue weighted by Crippen LogP contribution is -2.23. The van der Waals surface area contributed by atoms with Gasteiger partial charge in [-0.2, -0.15) is 9.78 Å². The molecule has 0 spiro atoms. The van der Waals surface area contributed by atoms with Gasteiger partial charge in [0.1, 0.15) is 28.4 Å². The molecule has 3 aromatic carbocycles. The molecule has 0 bridgehead atoms. The summed E-state index contributed by atoms with van der Waals surface area (Å²) in [6.45, 7) is 0.306. The number of hydrogen-bond acceptors (Lipinski definition) is 7. The molecule has 0 atom stereocenters. The van der Waals surface area contributed by atoms with Gasteiger partial charge in [0.05, 0.1) is 31.5 Å². The SMILES string of the molecule is COc1ccc(CNC(=O)c2c(N)n(/N=C\c3ccccc3OC)c3nc4ccccc4nc23)cc1. The summed E-state index contributed by atoms with van der Waals surface area (Å²) in [5, 5.41) is 7.48. The number of carbonyl (C=O) groups is 1. The standard InChI is InChI=1S/C27H24N6O3/c1-35-19-13-11-17(12-14-19)15-29-27(34)23-24-26(32-21-9-5-4-8-20(21)31-24)33(25(23)28)30-16-18-7-3-6-10-22(18)36-2/h3-14,16H,15,28H2,1-2H3,(H,29,34)/b30-16-.